The maximum absolute atomic E-state index is 13.1. The van der Waals surface area contributed by atoms with Crippen LogP contribution in [-0.4, -0.2) is 54.8 Å². The fraction of sp³-hybridized carbons (Fsp3) is 0.727. The number of halogens is 1. The third-order valence-corrected chi connectivity index (χ3v) is 10.4. The Morgan fingerprint density at radius 1 is 1.31 bits per heavy atom. The van der Waals surface area contributed by atoms with Crippen molar-refractivity contribution in [3.63, 3.8) is 0 Å². The highest BCUT2D eigenvalue weighted by atomic mass is 35.5. The number of rotatable bonds is 4. The molecule has 4 aliphatic carbocycles. The van der Waals surface area contributed by atoms with E-state index in [9.17, 15) is 24.4 Å². The molecule has 4 rings (SSSR count). The Bertz CT molecular complexity index is 973. The lowest BCUT2D eigenvalue weighted by atomic mass is 9.45. The van der Waals surface area contributed by atoms with E-state index in [1.54, 1.807) is 26.0 Å². The van der Waals surface area contributed by atoms with Crippen LogP contribution in [0.1, 0.15) is 46.5 Å². The number of alkyl halides is 1. The first-order valence-corrected chi connectivity index (χ1v) is 12.8. The number of allylic oxidation sites excluding steroid dienone is 4. The largest absolute Gasteiger partial charge is 0.470 e. The van der Waals surface area contributed by atoms with E-state index in [1.807, 2.05) is 6.92 Å². The van der Waals surface area contributed by atoms with Crippen LogP contribution in [0.25, 0.3) is 0 Å². The van der Waals surface area contributed by atoms with Gasteiger partial charge in [-0.1, -0.05) is 32.4 Å². The molecule has 4 aliphatic rings. The zero-order chi connectivity index (χ0) is 23.9. The maximum atomic E-state index is 13.1. The molecule has 8 atom stereocenters. The highest BCUT2D eigenvalue weighted by molar-refractivity contribution is 7.46. The molecule has 32 heavy (non-hydrogen) atoms. The van der Waals surface area contributed by atoms with E-state index in [0.29, 0.717) is 19.3 Å². The van der Waals surface area contributed by atoms with Crippen LogP contribution in [0.3, 0.4) is 0 Å². The SMILES string of the molecule is CC1C[C@H]2[C@@H]3CCC4=CC(=O)C=C[C@]4(C)[C@@]3(Cl)C(O)C[C@]2(C)[C@@]1(O)C(=O)COP(=O)(O)O. The van der Waals surface area contributed by atoms with E-state index >= 15 is 0 Å². The number of hydrogen-bond acceptors (Lipinski definition) is 6. The van der Waals surface area contributed by atoms with Crippen LogP contribution in [0.4, 0.5) is 0 Å². The van der Waals surface area contributed by atoms with Gasteiger partial charge in [-0.2, -0.15) is 0 Å². The van der Waals surface area contributed by atoms with Crippen molar-refractivity contribution in [1.82, 2.24) is 0 Å². The minimum Gasteiger partial charge on any atom is -0.391 e. The molecule has 0 saturated heterocycles. The molecule has 0 amide bonds. The van der Waals surface area contributed by atoms with Crippen LogP contribution >= 0.6 is 19.4 Å². The molecule has 8 nitrogen and oxygen atoms in total. The predicted octanol–water partition coefficient (Wildman–Crippen LogP) is 2.28. The zero-order valence-electron chi connectivity index (χ0n) is 18.3. The Labute approximate surface area is 191 Å². The molecule has 0 aromatic heterocycles. The third-order valence-electron chi connectivity index (χ3n) is 9.01. The third kappa shape index (κ3) is 3.04. The molecule has 0 aromatic rings. The number of fused-ring (bicyclic) bond motifs is 5. The van der Waals surface area contributed by atoms with Gasteiger partial charge in [-0.3, -0.25) is 14.1 Å². The van der Waals surface area contributed by atoms with E-state index in [1.165, 1.54) is 6.08 Å². The highest BCUT2D eigenvalue weighted by Crippen LogP contribution is 2.71. The molecule has 0 heterocycles. The number of aliphatic hydroxyl groups is 2. The van der Waals surface area contributed by atoms with Crippen LogP contribution in [0.5, 0.6) is 0 Å². The monoisotopic (exact) mass is 488 g/mol. The Kier molecular flexibility index (Phi) is 5.55. The van der Waals surface area contributed by atoms with Crippen LogP contribution in [0.15, 0.2) is 23.8 Å². The smallest absolute Gasteiger partial charge is 0.391 e. The number of Topliss-reactive ketones (excluding diaryl/α,β-unsaturated/α-hetero) is 1. The van der Waals surface area contributed by atoms with Crippen molar-refractivity contribution < 1.29 is 38.7 Å². The standard InChI is InChI=1S/C22H30ClO8P/c1-12-8-16-15-5-4-13-9-14(24)6-7-19(13,2)21(15,23)17(25)10-20(16,3)22(12,27)18(26)11-31-32(28,29)30/h6-7,9,12,15-17,25,27H,4-5,8,10-11H2,1-3H3,(H2,28,29,30)/t12?,15-,16-,17?,19-,20-,21-,22-/m0/s1. The summed E-state index contributed by atoms with van der Waals surface area (Å²) >= 11 is 7.31. The van der Waals surface area contributed by atoms with E-state index < -0.39 is 53.5 Å². The summed E-state index contributed by atoms with van der Waals surface area (Å²) in [6.07, 6.45) is 5.48. The maximum Gasteiger partial charge on any atom is 0.470 e. The first-order valence-electron chi connectivity index (χ1n) is 10.9. The summed E-state index contributed by atoms with van der Waals surface area (Å²) in [5.41, 5.74) is -2.85. The average molecular weight is 489 g/mol. The van der Waals surface area contributed by atoms with Crippen molar-refractivity contribution in [2.45, 2.75) is 63.0 Å². The Hall–Kier alpha value is -0.860. The Morgan fingerprint density at radius 2 is 1.97 bits per heavy atom. The summed E-state index contributed by atoms with van der Waals surface area (Å²) in [6, 6.07) is 0. The summed E-state index contributed by atoms with van der Waals surface area (Å²) < 4.78 is 15.5. The highest BCUT2D eigenvalue weighted by Gasteiger charge is 2.74. The van der Waals surface area contributed by atoms with Gasteiger partial charge in [0.1, 0.15) is 12.2 Å². The molecule has 3 fully saturated rings. The quantitative estimate of drug-likeness (QED) is 0.349. The lowest BCUT2D eigenvalue weighted by Crippen LogP contribution is -2.69. The normalized spacial score (nSPS) is 48.0. The van der Waals surface area contributed by atoms with Gasteiger partial charge < -0.3 is 20.0 Å². The number of aliphatic hydroxyl groups excluding tert-OH is 1. The van der Waals surface area contributed by atoms with Crippen molar-refractivity contribution in [2.75, 3.05) is 6.61 Å². The molecular formula is C22H30ClO8P. The minimum absolute atomic E-state index is 0.0326. The molecule has 0 radical (unpaired) electrons. The van der Waals surface area contributed by atoms with Crippen molar-refractivity contribution in [3.8, 4) is 0 Å². The summed E-state index contributed by atoms with van der Waals surface area (Å²) in [5.74, 6) is -1.90. The number of carbonyl (C=O) groups excluding carboxylic acids is 2. The molecule has 2 unspecified atom stereocenters. The van der Waals surface area contributed by atoms with Gasteiger partial charge in [0.05, 0.1) is 11.0 Å². The van der Waals surface area contributed by atoms with Crippen LogP contribution in [0.2, 0.25) is 0 Å². The van der Waals surface area contributed by atoms with Crippen molar-refractivity contribution in [2.24, 2.45) is 28.6 Å². The van der Waals surface area contributed by atoms with Gasteiger partial charge in [-0.25, -0.2) is 4.57 Å². The molecule has 4 N–H and O–H groups in total. The minimum atomic E-state index is -4.89. The van der Waals surface area contributed by atoms with Gasteiger partial charge in [-0.05, 0) is 55.6 Å². The summed E-state index contributed by atoms with van der Waals surface area (Å²) in [4.78, 5) is 41.9. The van der Waals surface area contributed by atoms with Crippen molar-refractivity contribution in [1.29, 1.82) is 0 Å². The first kappa shape index (κ1) is 24.3. The number of phosphoric ester groups is 1. The fourth-order valence-electron chi connectivity index (χ4n) is 7.39. The topological polar surface area (TPSA) is 141 Å². The van der Waals surface area contributed by atoms with Crippen LogP contribution < -0.4 is 0 Å². The molecule has 0 aromatic carbocycles. The van der Waals surface area contributed by atoms with Crippen LogP contribution in [0, 0.1) is 28.6 Å². The van der Waals surface area contributed by atoms with Crippen molar-refractivity contribution >= 4 is 31.0 Å². The van der Waals surface area contributed by atoms with E-state index in [0.717, 1.165) is 5.57 Å². The first-order chi connectivity index (χ1) is 14.6. The second-order valence-corrected chi connectivity index (χ2v) is 12.2. The lowest BCUT2D eigenvalue weighted by Gasteiger charge is -2.63. The van der Waals surface area contributed by atoms with Gasteiger partial charge in [-0.15, -0.1) is 11.6 Å². The number of hydrogen-bond donors (Lipinski definition) is 4. The molecule has 0 spiro atoms. The van der Waals surface area contributed by atoms with E-state index in [4.69, 9.17) is 21.4 Å². The van der Waals surface area contributed by atoms with E-state index in [-0.39, 0.29) is 24.0 Å². The molecular weight excluding hydrogens is 459 g/mol. The number of carbonyl (C=O) groups is 2. The van der Waals surface area contributed by atoms with Crippen LogP contribution in [-0.2, 0) is 18.7 Å². The second-order valence-electron chi connectivity index (χ2n) is 10.4. The van der Waals surface area contributed by atoms with Gasteiger partial charge in [0, 0.05) is 10.8 Å². The lowest BCUT2D eigenvalue weighted by molar-refractivity contribution is -0.179. The summed E-state index contributed by atoms with van der Waals surface area (Å²) in [5, 5.41) is 23.1. The molecule has 3 saturated carbocycles. The van der Waals surface area contributed by atoms with Gasteiger partial charge in [0.15, 0.2) is 11.6 Å². The molecule has 0 aliphatic heterocycles. The Balaban J connectivity index is 1.74. The van der Waals surface area contributed by atoms with Gasteiger partial charge in [0.2, 0.25) is 0 Å². The number of ketones is 2. The molecule has 10 heteroatoms. The molecule has 178 valence electrons. The fourth-order valence-corrected chi connectivity index (χ4v) is 8.20. The summed E-state index contributed by atoms with van der Waals surface area (Å²) in [6.45, 7) is 4.49. The summed E-state index contributed by atoms with van der Waals surface area (Å²) in [7, 11) is -4.89. The predicted molar refractivity (Wildman–Crippen MR) is 116 cm³/mol. The Morgan fingerprint density at radius 3 is 2.59 bits per heavy atom. The van der Waals surface area contributed by atoms with Crippen molar-refractivity contribution in [3.05, 3.63) is 23.8 Å². The van der Waals surface area contributed by atoms with Gasteiger partial charge >= 0.3 is 7.82 Å². The number of phosphoric acid groups is 1. The zero-order valence-corrected chi connectivity index (χ0v) is 20.0. The second kappa shape index (κ2) is 7.32. The van der Waals surface area contributed by atoms with E-state index in [2.05, 4.69) is 4.52 Å². The average Bonchev–Trinajstić information content (AvgIpc) is 2.89. The molecule has 0 bridgehead atoms. The van der Waals surface area contributed by atoms with Gasteiger partial charge in [0.25, 0.3) is 0 Å².